The van der Waals surface area contributed by atoms with Crippen LogP contribution in [0.15, 0.2) is 0 Å². The Morgan fingerprint density at radius 2 is 2.40 bits per heavy atom. The Morgan fingerprint density at radius 3 is 3.00 bits per heavy atom. The highest BCUT2D eigenvalue weighted by molar-refractivity contribution is 7.17. The van der Waals surface area contributed by atoms with Gasteiger partial charge >= 0.3 is 0 Å². The number of nitrogen functional groups attached to an aromatic ring is 1. The second-order valence-corrected chi connectivity index (χ2v) is 5.66. The average Bonchev–Trinajstić information content (AvgIpc) is 2.83. The average molecular weight is 294 g/mol. The first-order valence-electron chi connectivity index (χ1n) is 6.44. The van der Waals surface area contributed by atoms with E-state index in [0.29, 0.717) is 17.0 Å². The van der Waals surface area contributed by atoms with Gasteiger partial charge in [-0.05, 0) is 12.8 Å². The summed E-state index contributed by atoms with van der Waals surface area (Å²) in [6.07, 6.45) is 2.15. The lowest BCUT2D eigenvalue weighted by Gasteiger charge is -2.33. The summed E-state index contributed by atoms with van der Waals surface area (Å²) in [5.41, 5.74) is 6.61. The van der Waals surface area contributed by atoms with E-state index in [1.54, 1.807) is 14.2 Å². The van der Waals surface area contributed by atoms with Crippen LogP contribution in [0.5, 0.6) is 0 Å². The minimum atomic E-state index is -0.255. The highest BCUT2D eigenvalue weighted by Gasteiger charge is 2.28. The number of nitrogens with two attached hydrogens (primary N) is 1. The minimum Gasteiger partial charge on any atom is -0.396 e. The van der Waals surface area contributed by atoms with E-state index in [-0.39, 0.29) is 17.7 Å². The summed E-state index contributed by atoms with van der Waals surface area (Å²) >= 11 is 1.27. The smallest absolute Gasteiger partial charge is 0.256 e. The monoisotopic (exact) mass is 294 g/mol. The van der Waals surface area contributed by atoms with Gasteiger partial charge in [-0.3, -0.25) is 4.79 Å². The van der Waals surface area contributed by atoms with Gasteiger partial charge in [-0.25, -0.2) is 0 Å². The molecule has 1 fully saturated rings. The van der Waals surface area contributed by atoms with E-state index in [9.17, 15) is 4.79 Å². The fraction of sp³-hybridized carbons (Fsp3) is 0.538. The third kappa shape index (κ3) is 2.57. The van der Waals surface area contributed by atoms with Crippen LogP contribution in [-0.2, 0) is 4.74 Å². The maximum atomic E-state index is 12.0. The van der Waals surface area contributed by atoms with E-state index < -0.39 is 0 Å². The third-order valence-corrected chi connectivity index (χ3v) is 4.65. The number of amides is 1. The summed E-state index contributed by atoms with van der Waals surface area (Å²) in [5.74, 6) is -0.255. The normalized spacial score (nSPS) is 18.6. The molecule has 3 N–H and O–H groups in total. The van der Waals surface area contributed by atoms with Crippen molar-refractivity contribution in [2.45, 2.75) is 18.9 Å². The number of ether oxygens (including phenoxy) is 1. The van der Waals surface area contributed by atoms with E-state index in [4.69, 9.17) is 15.7 Å². The minimum absolute atomic E-state index is 0.148. The van der Waals surface area contributed by atoms with Crippen molar-refractivity contribution in [1.29, 1.82) is 5.26 Å². The molecule has 1 aliphatic heterocycles. The molecule has 6 nitrogen and oxygen atoms in total. The van der Waals surface area contributed by atoms with E-state index >= 15 is 0 Å². The van der Waals surface area contributed by atoms with Crippen molar-refractivity contribution in [2.75, 3.05) is 37.9 Å². The standard InChI is InChI=1S/C13H18N4O2S/c1-16-12(18)10-11(15)9(6-14)20-13(10)17-5-3-4-8(7-17)19-2/h8H,3-5,7,15H2,1-2H3,(H,16,18). The molecule has 0 radical (unpaired) electrons. The number of hydrogen-bond donors (Lipinski definition) is 2. The number of nitrogens with zero attached hydrogens (tertiary/aromatic N) is 2. The van der Waals surface area contributed by atoms with Gasteiger partial charge in [0.15, 0.2) is 0 Å². The largest absolute Gasteiger partial charge is 0.396 e. The molecule has 0 aromatic carbocycles. The van der Waals surface area contributed by atoms with Crippen LogP contribution in [0, 0.1) is 11.3 Å². The molecule has 0 aliphatic carbocycles. The molecule has 1 saturated heterocycles. The molecule has 7 heteroatoms. The van der Waals surface area contributed by atoms with Crippen LogP contribution >= 0.6 is 11.3 Å². The first kappa shape index (κ1) is 14.6. The van der Waals surface area contributed by atoms with Gasteiger partial charge < -0.3 is 20.7 Å². The molecule has 20 heavy (non-hydrogen) atoms. The molecule has 1 aliphatic rings. The molecule has 2 rings (SSSR count). The van der Waals surface area contributed by atoms with Gasteiger partial charge in [0.05, 0.1) is 17.4 Å². The predicted octanol–water partition coefficient (Wildman–Crippen LogP) is 1.18. The number of carbonyl (C=O) groups excluding carboxylic acids is 1. The van der Waals surface area contributed by atoms with E-state index in [0.717, 1.165) is 24.4 Å². The number of hydrogen-bond acceptors (Lipinski definition) is 6. The van der Waals surface area contributed by atoms with E-state index in [1.807, 2.05) is 0 Å². The Labute approximate surface area is 122 Å². The lowest BCUT2D eigenvalue weighted by atomic mass is 10.1. The topological polar surface area (TPSA) is 91.4 Å². The molecular weight excluding hydrogens is 276 g/mol. The lowest BCUT2D eigenvalue weighted by Crippen LogP contribution is -2.39. The molecule has 1 unspecified atom stereocenters. The zero-order valence-corrected chi connectivity index (χ0v) is 12.4. The Kier molecular flexibility index (Phi) is 4.47. The van der Waals surface area contributed by atoms with Crippen molar-refractivity contribution >= 4 is 27.9 Å². The molecule has 1 aromatic rings. The molecule has 0 spiro atoms. The maximum Gasteiger partial charge on any atom is 0.256 e. The Bertz CT molecular complexity index is 549. The quantitative estimate of drug-likeness (QED) is 0.873. The Morgan fingerprint density at radius 1 is 1.65 bits per heavy atom. The fourth-order valence-corrected chi connectivity index (χ4v) is 3.45. The highest BCUT2D eigenvalue weighted by atomic mass is 32.1. The summed E-state index contributed by atoms with van der Waals surface area (Å²) in [6.45, 7) is 1.56. The van der Waals surface area contributed by atoms with Crippen LogP contribution in [0.1, 0.15) is 28.1 Å². The van der Waals surface area contributed by atoms with Crippen LogP contribution in [0.25, 0.3) is 0 Å². The molecule has 0 bridgehead atoms. The first-order valence-corrected chi connectivity index (χ1v) is 7.26. The van der Waals surface area contributed by atoms with Crippen LogP contribution < -0.4 is 16.0 Å². The lowest BCUT2D eigenvalue weighted by molar-refractivity contribution is 0.0890. The molecule has 2 heterocycles. The molecular formula is C13H18N4O2S. The van der Waals surface area contributed by atoms with Crippen molar-refractivity contribution in [1.82, 2.24) is 5.32 Å². The summed E-state index contributed by atoms with van der Waals surface area (Å²) < 4.78 is 5.40. The number of rotatable bonds is 3. The fourth-order valence-electron chi connectivity index (χ4n) is 2.40. The molecule has 0 saturated carbocycles. The van der Waals surface area contributed by atoms with Gasteiger partial charge in [-0.15, -0.1) is 11.3 Å². The van der Waals surface area contributed by atoms with Crippen LogP contribution in [-0.4, -0.2) is 39.3 Å². The zero-order valence-electron chi connectivity index (χ0n) is 11.6. The van der Waals surface area contributed by atoms with Crippen LogP contribution in [0.4, 0.5) is 10.7 Å². The van der Waals surface area contributed by atoms with Gasteiger partial charge in [0, 0.05) is 27.2 Å². The van der Waals surface area contributed by atoms with Crippen LogP contribution in [0.3, 0.4) is 0 Å². The van der Waals surface area contributed by atoms with Crippen molar-refractivity contribution in [3.05, 3.63) is 10.4 Å². The molecule has 108 valence electrons. The Balaban J connectivity index is 2.40. The number of thiophene rings is 1. The van der Waals surface area contributed by atoms with E-state index in [2.05, 4.69) is 16.3 Å². The van der Waals surface area contributed by atoms with E-state index in [1.165, 1.54) is 11.3 Å². The van der Waals surface area contributed by atoms with Crippen molar-refractivity contribution in [3.63, 3.8) is 0 Å². The summed E-state index contributed by atoms with van der Waals surface area (Å²) in [5, 5.41) is 12.5. The molecule has 1 aromatic heterocycles. The second-order valence-electron chi connectivity index (χ2n) is 4.66. The van der Waals surface area contributed by atoms with Crippen LogP contribution in [0.2, 0.25) is 0 Å². The highest BCUT2D eigenvalue weighted by Crippen LogP contribution is 2.39. The van der Waals surface area contributed by atoms with Gasteiger partial charge in [0.2, 0.25) is 0 Å². The summed E-state index contributed by atoms with van der Waals surface area (Å²) in [7, 11) is 3.25. The SMILES string of the molecule is CNC(=O)c1c(N2CCCC(OC)C2)sc(C#N)c1N. The predicted molar refractivity (Wildman–Crippen MR) is 79.1 cm³/mol. The number of nitrogens with one attached hydrogen (secondary N) is 1. The second kappa shape index (κ2) is 6.11. The van der Waals surface area contributed by atoms with Crippen molar-refractivity contribution < 1.29 is 9.53 Å². The number of nitriles is 1. The number of piperidine rings is 1. The summed E-state index contributed by atoms with van der Waals surface area (Å²) in [4.78, 5) is 14.5. The first-order chi connectivity index (χ1) is 9.62. The maximum absolute atomic E-state index is 12.0. The number of carbonyl (C=O) groups is 1. The van der Waals surface area contributed by atoms with Gasteiger partial charge in [0.1, 0.15) is 15.9 Å². The van der Waals surface area contributed by atoms with Gasteiger partial charge in [-0.2, -0.15) is 5.26 Å². The third-order valence-electron chi connectivity index (χ3n) is 3.48. The Hall–Kier alpha value is -1.78. The number of methoxy groups -OCH3 is 1. The summed E-state index contributed by atoms with van der Waals surface area (Å²) in [6, 6.07) is 2.05. The molecule has 1 amide bonds. The van der Waals surface area contributed by atoms with Gasteiger partial charge in [0.25, 0.3) is 5.91 Å². The molecule has 1 atom stereocenters. The van der Waals surface area contributed by atoms with Crippen molar-refractivity contribution in [2.24, 2.45) is 0 Å². The zero-order chi connectivity index (χ0) is 14.7. The number of anilines is 2. The van der Waals surface area contributed by atoms with Crippen molar-refractivity contribution in [3.8, 4) is 6.07 Å². The van der Waals surface area contributed by atoms with Gasteiger partial charge in [-0.1, -0.05) is 0 Å².